The van der Waals surface area contributed by atoms with Crippen LogP contribution in [0.2, 0.25) is 0 Å². The Morgan fingerprint density at radius 2 is 2.54 bits per heavy atom. The first-order valence-electron chi connectivity index (χ1n) is 4.63. The van der Waals surface area contributed by atoms with Crippen LogP contribution in [0.1, 0.15) is 13.3 Å². The Labute approximate surface area is 77.9 Å². The molecule has 0 aliphatic carbocycles. The van der Waals surface area contributed by atoms with E-state index < -0.39 is 0 Å². The molecule has 72 valence electrons. The van der Waals surface area contributed by atoms with Crippen LogP contribution >= 0.6 is 0 Å². The van der Waals surface area contributed by atoms with E-state index in [2.05, 4.69) is 17.3 Å². The highest BCUT2D eigenvalue weighted by molar-refractivity contribution is 5.35. The van der Waals surface area contributed by atoms with Gasteiger partial charge in [-0.2, -0.15) is 5.10 Å². The Kier molecular flexibility index (Phi) is 2.22. The predicted octanol–water partition coefficient (Wildman–Crippen LogP) is 1.01. The van der Waals surface area contributed by atoms with E-state index in [0.717, 1.165) is 18.8 Å². The first kappa shape index (κ1) is 8.56. The topological polar surface area (TPSA) is 39.1 Å². The molecule has 4 heteroatoms. The van der Waals surface area contributed by atoms with Gasteiger partial charge in [0.25, 0.3) is 0 Å². The zero-order valence-electron chi connectivity index (χ0n) is 8.03. The maximum absolute atomic E-state index is 5.46. The van der Waals surface area contributed by atoms with Crippen LogP contribution in [0, 0.1) is 0 Å². The Hall–Kier alpha value is -1.03. The molecule has 2 unspecified atom stereocenters. The van der Waals surface area contributed by atoms with Crippen molar-refractivity contribution in [1.82, 2.24) is 9.78 Å². The second kappa shape index (κ2) is 3.38. The number of ether oxygens (including phenoxy) is 1. The number of aromatic nitrogens is 2. The summed E-state index contributed by atoms with van der Waals surface area (Å²) in [4.78, 5) is 0. The second-order valence-electron chi connectivity index (χ2n) is 3.46. The molecule has 0 bridgehead atoms. The minimum Gasteiger partial charge on any atom is -0.376 e. The van der Waals surface area contributed by atoms with Gasteiger partial charge in [0, 0.05) is 19.7 Å². The Morgan fingerprint density at radius 3 is 3.08 bits per heavy atom. The molecule has 0 saturated carbocycles. The average Bonchev–Trinajstić information content (AvgIpc) is 2.65. The van der Waals surface area contributed by atoms with Crippen molar-refractivity contribution < 1.29 is 4.74 Å². The fraction of sp³-hybridized carbons (Fsp3) is 0.667. The zero-order valence-corrected chi connectivity index (χ0v) is 8.03. The Balaban J connectivity index is 2.01. The summed E-state index contributed by atoms with van der Waals surface area (Å²) in [6.45, 7) is 2.96. The monoisotopic (exact) mass is 181 g/mol. The Morgan fingerprint density at radius 1 is 1.69 bits per heavy atom. The van der Waals surface area contributed by atoms with Gasteiger partial charge in [-0.1, -0.05) is 0 Å². The summed E-state index contributed by atoms with van der Waals surface area (Å²) >= 11 is 0. The van der Waals surface area contributed by atoms with Gasteiger partial charge in [0.05, 0.1) is 18.3 Å². The van der Waals surface area contributed by atoms with Crippen molar-refractivity contribution in [2.45, 2.75) is 25.5 Å². The van der Waals surface area contributed by atoms with E-state index in [1.54, 1.807) is 6.20 Å². The van der Waals surface area contributed by atoms with Crippen LogP contribution in [0.4, 0.5) is 5.82 Å². The Bertz CT molecular complexity index is 284. The predicted molar refractivity (Wildman–Crippen MR) is 50.6 cm³/mol. The fourth-order valence-corrected chi connectivity index (χ4v) is 1.63. The van der Waals surface area contributed by atoms with Crippen LogP contribution in [0.25, 0.3) is 0 Å². The van der Waals surface area contributed by atoms with Crippen LogP contribution < -0.4 is 5.32 Å². The van der Waals surface area contributed by atoms with Crippen LogP contribution in [0.15, 0.2) is 12.3 Å². The summed E-state index contributed by atoms with van der Waals surface area (Å²) in [7, 11) is 1.93. The third kappa shape index (κ3) is 1.67. The SMILES string of the molecule is CC1OCCC1Nc1ccnn1C. The maximum Gasteiger partial charge on any atom is 0.124 e. The summed E-state index contributed by atoms with van der Waals surface area (Å²) in [5, 5.41) is 7.51. The van der Waals surface area contributed by atoms with Gasteiger partial charge in [-0.15, -0.1) is 0 Å². The number of hydrogen-bond donors (Lipinski definition) is 1. The molecule has 4 nitrogen and oxygen atoms in total. The third-order valence-electron chi connectivity index (χ3n) is 2.53. The van der Waals surface area contributed by atoms with E-state index in [1.807, 2.05) is 17.8 Å². The van der Waals surface area contributed by atoms with Crippen LogP contribution in [0.5, 0.6) is 0 Å². The van der Waals surface area contributed by atoms with E-state index in [-0.39, 0.29) is 0 Å². The van der Waals surface area contributed by atoms with Crippen molar-refractivity contribution in [3.05, 3.63) is 12.3 Å². The summed E-state index contributed by atoms with van der Waals surface area (Å²) < 4.78 is 7.30. The number of nitrogens with zero attached hydrogens (tertiary/aromatic N) is 2. The summed E-state index contributed by atoms with van der Waals surface area (Å²) in [5.41, 5.74) is 0. The van der Waals surface area contributed by atoms with E-state index >= 15 is 0 Å². The largest absolute Gasteiger partial charge is 0.376 e. The molecule has 1 saturated heterocycles. The van der Waals surface area contributed by atoms with Gasteiger partial charge in [-0.3, -0.25) is 4.68 Å². The minimum absolute atomic E-state index is 0.301. The lowest BCUT2D eigenvalue weighted by Gasteiger charge is -2.16. The number of aryl methyl sites for hydroxylation is 1. The second-order valence-corrected chi connectivity index (χ2v) is 3.46. The van der Waals surface area contributed by atoms with Crippen molar-refractivity contribution >= 4 is 5.82 Å². The molecule has 2 atom stereocenters. The molecule has 1 aliphatic rings. The molecule has 1 aromatic heterocycles. The molecule has 0 amide bonds. The molecule has 0 spiro atoms. The highest BCUT2D eigenvalue weighted by atomic mass is 16.5. The average molecular weight is 181 g/mol. The molecule has 2 rings (SSSR count). The van der Waals surface area contributed by atoms with E-state index in [0.29, 0.717) is 12.1 Å². The smallest absolute Gasteiger partial charge is 0.124 e. The highest BCUT2D eigenvalue weighted by Crippen LogP contribution is 2.17. The maximum atomic E-state index is 5.46. The molecule has 2 heterocycles. The molecule has 1 N–H and O–H groups in total. The van der Waals surface area contributed by atoms with Crippen LogP contribution in [-0.2, 0) is 11.8 Å². The number of anilines is 1. The molecule has 1 fully saturated rings. The van der Waals surface area contributed by atoms with Gasteiger partial charge in [0.15, 0.2) is 0 Å². The molecule has 13 heavy (non-hydrogen) atoms. The molecule has 0 aromatic carbocycles. The van der Waals surface area contributed by atoms with Gasteiger partial charge >= 0.3 is 0 Å². The quantitative estimate of drug-likeness (QED) is 0.740. The molecular weight excluding hydrogens is 166 g/mol. The minimum atomic E-state index is 0.301. The van der Waals surface area contributed by atoms with Gasteiger partial charge in [0.1, 0.15) is 5.82 Å². The van der Waals surface area contributed by atoms with Crippen molar-refractivity contribution in [3.63, 3.8) is 0 Å². The molecule has 1 aliphatic heterocycles. The van der Waals surface area contributed by atoms with Gasteiger partial charge in [0.2, 0.25) is 0 Å². The van der Waals surface area contributed by atoms with E-state index in [1.165, 1.54) is 0 Å². The fourth-order valence-electron chi connectivity index (χ4n) is 1.63. The molecule has 1 aromatic rings. The standard InChI is InChI=1S/C9H15N3O/c1-7-8(4-6-13-7)11-9-3-5-10-12(9)2/h3,5,7-8,11H,4,6H2,1-2H3. The summed E-state index contributed by atoms with van der Waals surface area (Å²) in [5.74, 6) is 1.06. The van der Waals surface area contributed by atoms with E-state index in [9.17, 15) is 0 Å². The normalized spacial score (nSPS) is 27.8. The van der Waals surface area contributed by atoms with Gasteiger partial charge < -0.3 is 10.1 Å². The lowest BCUT2D eigenvalue weighted by atomic mass is 10.1. The number of hydrogen-bond acceptors (Lipinski definition) is 3. The van der Waals surface area contributed by atoms with Gasteiger partial charge in [-0.25, -0.2) is 0 Å². The van der Waals surface area contributed by atoms with Crippen LogP contribution in [0.3, 0.4) is 0 Å². The molecular formula is C9H15N3O. The van der Waals surface area contributed by atoms with Crippen molar-refractivity contribution in [2.24, 2.45) is 7.05 Å². The first-order valence-corrected chi connectivity index (χ1v) is 4.63. The third-order valence-corrected chi connectivity index (χ3v) is 2.53. The van der Waals surface area contributed by atoms with Crippen molar-refractivity contribution in [3.8, 4) is 0 Å². The molecule has 0 radical (unpaired) electrons. The number of nitrogens with one attached hydrogen (secondary N) is 1. The summed E-state index contributed by atoms with van der Waals surface area (Å²) in [6, 6.07) is 2.40. The van der Waals surface area contributed by atoms with Gasteiger partial charge in [-0.05, 0) is 13.3 Å². The first-order chi connectivity index (χ1) is 6.27. The lowest BCUT2D eigenvalue weighted by molar-refractivity contribution is 0.121. The van der Waals surface area contributed by atoms with Crippen LogP contribution in [-0.4, -0.2) is 28.5 Å². The zero-order chi connectivity index (χ0) is 9.26. The number of rotatable bonds is 2. The summed E-state index contributed by atoms with van der Waals surface area (Å²) in [6.07, 6.45) is 3.17. The highest BCUT2D eigenvalue weighted by Gasteiger charge is 2.24. The van der Waals surface area contributed by atoms with Crippen molar-refractivity contribution in [1.29, 1.82) is 0 Å². The lowest BCUT2D eigenvalue weighted by Crippen LogP contribution is -2.27. The van der Waals surface area contributed by atoms with Crippen molar-refractivity contribution in [2.75, 3.05) is 11.9 Å². The van der Waals surface area contributed by atoms with E-state index in [4.69, 9.17) is 4.74 Å².